The van der Waals surface area contributed by atoms with Crippen molar-refractivity contribution in [3.63, 3.8) is 0 Å². The van der Waals surface area contributed by atoms with Crippen LogP contribution in [-0.2, 0) is 26.8 Å². The van der Waals surface area contributed by atoms with Crippen molar-refractivity contribution in [2.45, 2.75) is 48.9 Å². The number of aromatic nitrogens is 1. The highest BCUT2D eigenvalue weighted by Crippen LogP contribution is 2.43. The molecule has 0 saturated heterocycles. The number of pyridine rings is 1. The number of aryl methyl sites for hydroxylation is 1. The number of ketones is 1. The predicted octanol–water partition coefficient (Wildman–Crippen LogP) is 3.89. The summed E-state index contributed by atoms with van der Waals surface area (Å²) in [5.74, 6) is -1.68. The molecule has 0 spiro atoms. The summed E-state index contributed by atoms with van der Waals surface area (Å²) in [4.78, 5) is 28.7. The molecular formula is C27H25F4N3O5S. The van der Waals surface area contributed by atoms with Gasteiger partial charge in [0.15, 0.2) is 11.4 Å². The van der Waals surface area contributed by atoms with Crippen molar-refractivity contribution in [1.29, 1.82) is 0 Å². The van der Waals surface area contributed by atoms with E-state index >= 15 is 0 Å². The summed E-state index contributed by atoms with van der Waals surface area (Å²) in [7, 11) is -4.40. The zero-order valence-electron chi connectivity index (χ0n) is 21.2. The number of alkyl halides is 3. The predicted molar refractivity (Wildman–Crippen MR) is 136 cm³/mol. The third kappa shape index (κ3) is 5.85. The second-order valence-corrected chi connectivity index (χ2v) is 11.3. The summed E-state index contributed by atoms with van der Waals surface area (Å²) in [5, 5.41) is 12.6. The molecule has 13 heteroatoms. The van der Waals surface area contributed by atoms with E-state index in [0.717, 1.165) is 46.8 Å². The van der Waals surface area contributed by atoms with Gasteiger partial charge in [0.2, 0.25) is 0 Å². The number of anilines is 1. The number of carbonyl (C=O) groups is 2. The van der Waals surface area contributed by atoms with E-state index in [1.54, 1.807) is 0 Å². The van der Waals surface area contributed by atoms with Gasteiger partial charge in [-0.15, -0.1) is 0 Å². The molecular weight excluding hydrogens is 554 g/mol. The maximum Gasteiger partial charge on any atom is 0.421 e. The Balaban J connectivity index is 1.65. The summed E-state index contributed by atoms with van der Waals surface area (Å²) < 4.78 is 82.3. The molecule has 8 nitrogen and oxygen atoms in total. The first kappa shape index (κ1) is 29.2. The van der Waals surface area contributed by atoms with Crippen molar-refractivity contribution in [1.82, 2.24) is 10.3 Å². The Kier molecular flexibility index (Phi) is 7.99. The van der Waals surface area contributed by atoms with Crippen molar-refractivity contribution >= 4 is 27.4 Å². The highest BCUT2D eigenvalue weighted by atomic mass is 32.2. The van der Waals surface area contributed by atoms with Crippen LogP contribution >= 0.6 is 0 Å². The summed E-state index contributed by atoms with van der Waals surface area (Å²) in [5.41, 5.74) is -3.10. The normalized spacial score (nSPS) is 17.1. The SMILES string of the molecule is CC(O)(c1ccc2c(c1)CC[C@@H](CC(=O)CNC(=O)c1ccncc1)N2S(=O)(=O)c1ccc(F)cc1)C(F)(F)F. The number of halogens is 4. The molecule has 212 valence electrons. The van der Waals surface area contributed by atoms with Gasteiger partial charge in [-0.1, -0.05) is 12.1 Å². The van der Waals surface area contributed by atoms with Crippen molar-refractivity contribution in [3.05, 3.63) is 89.5 Å². The molecule has 2 aromatic carbocycles. The van der Waals surface area contributed by atoms with Gasteiger partial charge in [-0.3, -0.25) is 18.9 Å². The molecule has 4 rings (SSSR count). The number of carbonyl (C=O) groups excluding carboxylic acids is 2. The van der Waals surface area contributed by atoms with Gasteiger partial charge < -0.3 is 10.4 Å². The second kappa shape index (κ2) is 11.0. The maximum absolute atomic E-state index is 13.7. The fourth-order valence-electron chi connectivity index (χ4n) is 4.45. The Bertz CT molecular complexity index is 1510. The summed E-state index contributed by atoms with van der Waals surface area (Å²) >= 11 is 0. The molecule has 0 radical (unpaired) electrons. The number of aliphatic hydroxyl groups is 1. The minimum Gasteiger partial charge on any atom is -0.376 e. The van der Waals surface area contributed by atoms with E-state index < -0.39 is 50.9 Å². The number of rotatable bonds is 8. The molecule has 1 amide bonds. The molecule has 0 fully saturated rings. The number of hydrogen-bond donors (Lipinski definition) is 2. The second-order valence-electron chi connectivity index (χ2n) is 9.52. The lowest BCUT2D eigenvalue weighted by Crippen LogP contribution is -2.46. The Morgan fingerprint density at radius 2 is 1.73 bits per heavy atom. The lowest BCUT2D eigenvalue weighted by atomic mass is 9.89. The topological polar surface area (TPSA) is 117 Å². The fraction of sp³-hybridized carbons (Fsp3) is 0.296. The first-order chi connectivity index (χ1) is 18.7. The molecule has 2 atom stereocenters. The van der Waals surface area contributed by atoms with E-state index in [4.69, 9.17) is 0 Å². The first-order valence-corrected chi connectivity index (χ1v) is 13.6. The van der Waals surface area contributed by atoms with Gasteiger partial charge in [-0.2, -0.15) is 13.2 Å². The highest BCUT2D eigenvalue weighted by molar-refractivity contribution is 7.92. The van der Waals surface area contributed by atoms with E-state index in [2.05, 4.69) is 10.3 Å². The molecule has 1 unspecified atom stereocenters. The van der Waals surface area contributed by atoms with Gasteiger partial charge in [0.25, 0.3) is 15.9 Å². The van der Waals surface area contributed by atoms with E-state index in [1.807, 2.05) is 0 Å². The van der Waals surface area contributed by atoms with Crippen LogP contribution in [0, 0.1) is 5.82 Å². The van der Waals surface area contributed by atoms with E-state index in [9.17, 15) is 40.7 Å². The molecule has 1 aliphatic rings. The van der Waals surface area contributed by atoms with Crippen LogP contribution in [0.2, 0.25) is 0 Å². The van der Waals surface area contributed by atoms with Gasteiger partial charge in [-0.05, 0) is 73.4 Å². The molecule has 40 heavy (non-hydrogen) atoms. The largest absolute Gasteiger partial charge is 0.421 e. The number of Topliss-reactive ketones (excluding diaryl/α,β-unsaturated/α-hetero) is 1. The average Bonchev–Trinajstić information content (AvgIpc) is 2.91. The molecule has 0 bridgehead atoms. The number of sulfonamides is 1. The number of fused-ring (bicyclic) bond motifs is 1. The van der Waals surface area contributed by atoms with E-state index in [0.29, 0.717) is 6.92 Å². The minimum atomic E-state index is -4.98. The number of amides is 1. The lowest BCUT2D eigenvalue weighted by Gasteiger charge is -2.38. The average molecular weight is 580 g/mol. The van der Waals surface area contributed by atoms with Crippen LogP contribution in [0.5, 0.6) is 0 Å². The number of hydrogen-bond acceptors (Lipinski definition) is 6. The van der Waals surface area contributed by atoms with Crippen LogP contribution in [-0.4, -0.2) is 49.0 Å². The van der Waals surface area contributed by atoms with Gasteiger partial charge in [-0.25, -0.2) is 12.8 Å². The van der Waals surface area contributed by atoms with Crippen molar-refractivity contribution < 1.29 is 40.7 Å². The Hall–Kier alpha value is -3.84. The third-order valence-electron chi connectivity index (χ3n) is 6.73. The number of benzene rings is 2. The standard InChI is InChI=1S/C27H25F4N3O5S/c1-26(37,27(29,30)31)19-3-9-24-18(14-19)2-6-21(34(24)40(38,39)23-7-4-20(28)5-8-23)15-22(35)16-33-25(36)17-10-12-32-13-11-17/h3-5,7-14,21,37H,2,6,15-16H2,1H3,(H,33,36)/t21-,26?/m0/s1. The van der Waals surface area contributed by atoms with Crippen molar-refractivity contribution in [2.24, 2.45) is 0 Å². The molecule has 0 saturated carbocycles. The van der Waals surface area contributed by atoms with Crippen LogP contribution in [0.4, 0.5) is 23.2 Å². The van der Waals surface area contributed by atoms with Crippen molar-refractivity contribution in [2.75, 3.05) is 10.8 Å². The monoisotopic (exact) mass is 579 g/mol. The van der Waals surface area contributed by atoms with Crippen LogP contribution in [0.3, 0.4) is 0 Å². The Morgan fingerprint density at radius 3 is 2.35 bits per heavy atom. The zero-order chi connectivity index (χ0) is 29.3. The molecule has 1 aliphatic heterocycles. The summed E-state index contributed by atoms with van der Waals surface area (Å²) in [6.45, 7) is 0.217. The number of nitrogens with zero attached hydrogens (tertiary/aromatic N) is 2. The summed E-state index contributed by atoms with van der Waals surface area (Å²) in [6.07, 6.45) is -2.28. The smallest absolute Gasteiger partial charge is 0.376 e. The Labute approximate surface area is 227 Å². The van der Waals surface area contributed by atoms with Crippen LogP contribution in [0.1, 0.15) is 41.3 Å². The molecule has 1 aromatic heterocycles. The molecule has 2 N–H and O–H groups in total. The molecule has 2 heterocycles. The van der Waals surface area contributed by atoms with Crippen LogP contribution < -0.4 is 9.62 Å². The van der Waals surface area contributed by atoms with Gasteiger partial charge >= 0.3 is 6.18 Å². The summed E-state index contributed by atoms with van der Waals surface area (Å²) in [6, 6.07) is 9.23. The van der Waals surface area contributed by atoms with Gasteiger partial charge in [0, 0.05) is 24.4 Å². The molecule has 3 aromatic rings. The minimum absolute atomic E-state index is 0.0379. The Morgan fingerprint density at radius 1 is 1.07 bits per heavy atom. The fourth-order valence-corrected chi connectivity index (χ4v) is 6.17. The van der Waals surface area contributed by atoms with Crippen LogP contribution in [0.25, 0.3) is 0 Å². The van der Waals surface area contributed by atoms with Crippen molar-refractivity contribution in [3.8, 4) is 0 Å². The quantitative estimate of drug-likeness (QED) is 0.391. The van der Waals surface area contributed by atoms with E-state index in [1.165, 1.54) is 24.5 Å². The van der Waals surface area contributed by atoms with Gasteiger partial charge in [0.05, 0.1) is 23.2 Å². The van der Waals surface area contributed by atoms with E-state index in [-0.39, 0.29) is 47.5 Å². The third-order valence-corrected chi connectivity index (χ3v) is 8.61. The van der Waals surface area contributed by atoms with Crippen LogP contribution in [0.15, 0.2) is 71.9 Å². The van der Waals surface area contributed by atoms with Gasteiger partial charge in [0.1, 0.15) is 5.82 Å². The maximum atomic E-state index is 13.7. The molecule has 0 aliphatic carbocycles. The highest BCUT2D eigenvalue weighted by Gasteiger charge is 2.51. The zero-order valence-corrected chi connectivity index (χ0v) is 22.0. The number of nitrogens with one attached hydrogen (secondary N) is 1. The first-order valence-electron chi connectivity index (χ1n) is 12.1. The lowest BCUT2D eigenvalue weighted by molar-refractivity contribution is -0.258.